The molecule has 1 aliphatic heterocycles. The Morgan fingerprint density at radius 1 is 1.11 bits per heavy atom. The van der Waals surface area contributed by atoms with Crippen LogP contribution in [-0.2, 0) is 22.6 Å². The van der Waals surface area contributed by atoms with Gasteiger partial charge in [0.1, 0.15) is 22.7 Å². The smallest absolute Gasteiger partial charge is 0.359 e. The molecule has 1 aliphatic rings. The Morgan fingerprint density at radius 3 is 2.50 bits per heavy atom. The van der Waals surface area contributed by atoms with Crippen molar-refractivity contribution < 1.29 is 28.6 Å². The van der Waals surface area contributed by atoms with Crippen LogP contribution in [0.25, 0.3) is 0 Å². The summed E-state index contributed by atoms with van der Waals surface area (Å²) >= 11 is 0. The predicted octanol–water partition coefficient (Wildman–Crippen LogP) is 2.81. The van der Waals surface area contributed by atoms with E-state index in [1.807, 2.05) is 31.2 Å². The first-order valence-corrected chi connectivity index (χ1v) is 11.4. The largest absolute Gasteiger partial charge is 0.496 e. The summed E-state index contributed by atoms with van der Waals surface area (Å²) in [6.07, 6.45) is 1.38. The van der Waals surface area contributed by atoms with E-state index in [-0.39, 0.29) is 30.4 Å². The Kier molecular flexibility index (Phi) is 6.96. The first-order valence-electron chi connectivity index (χ1n) is 11.4. The minimum absolute atomic E-state index is 0.0609. The number of carbonyl (C=O) groups excluding carboxylic acids is 3. The summed E-state index contributed by atoms with van der Waals surface area (Å²) in [6, 6.07) is 14.2. The Labute approximate surface area is 208 Å². The van der Waals surface area contributed by atoms with Gasteiger partial charge in [-0.25, -0.2) is 9.78 Å². The van der Waals surface area contributed by atoms with E-state index in [4.69, 9.17) is 14.2 Å². The fraction of sp³-hybridized carbons (Fsp3) is 0.308. The van der Waals surface area contributed by atoms with Gasteiger partial charge in [-0.15, -0.1) is 0 Å². The highest BCUT2D eigenvalue weighted by Gasteiger charge is 2.49. The van der Waals surface area contributed by atoms with Gasteiger partial charge in [-0.2, -0.15) is 0 Å². The second-order valence-electron chi connectivity index (χ2n) is 8.40. The third-order valence-electron chi connectivity index (χ3n) is 6.12. The number of carbonyl (C=O) groups is 3. The molecule has 1 aromatic heterocycles. The predicted molar refractivity (Wildman–Crippen MR) is 131 cm³/mol. The summed E-state index contributed by atoms with van der Waals surface area (Å²) in [5, 5.41) is 2.94. The molecule has 36 heavy (non-hydrogen) atoms. The van der Waals surface area contributed by atoms with Crippen LogP contribution in [0.3, 0.4) is 0 Å². The summed E-state index contributed by atoms with van der Waals surface area (Å²) < 4.78 is 17.2. The molecule has 1 atom stereocenters. The zero-order chi connectivity index (χ0) is 25.9. The molecular formula is C26H28N4O6. The summed E-state index contributed by atoms with van der Waals surface area (Å²) in [4.78, 5) is 45.3. The van der Waals surface area contributed by atoms with Gasteiger partial charge in [0.15, 0.2) is 5.69 Å². The maximum absolute atomic E-state index is 13.9. The molecular weight excluding hydrogens is 464 g/mol. The molecule has 0 spiro atoms. The quantitative estimate of drug-likeness (QED) is 0.481. The Balaban J connectivity index is 1.73. The number of benzene rings is 2. The van der Waals surface area contributed by atoms with Crippen molar-refractivity contribution in [2.75, 3.05) is 25.7 Å². The first kappa shape index (κ1) is 24.8. The van der Waals surface area contributed by atoms with Crippen molar-refractivity contribution in [1.82, 2.24) is 14.9 Å². The van der Waals surface area contributed by atoms with E-state index in [0.29, 0.717) is 23.8 Å². The Bertz CT molecular complexity index is 1290. The monoisotopic (exact) mass is 492 g/mol. The normalized spacial score (nSPS) is 16.8. The van der Waals surface area contributed by atoms with Crippen LogP contribution >= 0.6 is 0 Å². The van der Waals surface area contributed by atoms with Crippen LogP contribution in [0.4, 0.5) is 5.69 Å². The average Bonchev–Trinajstić information content (AvgIpc) is 3.31. The minimum atomic E-state index is -1.34. The molecule has 2 heterocycles. The minimum Gasteiger partial charge on any atom is -0.496 e. The van der Waals surface area contributed by atoms with Crippen LogP contribution in [0.2, 0.25) is 0 Å². The lowest BCUT2D eigenvalue weighted by molar-refractivity contribution is -0.126. The molecule has 2 aromatic carbocycles. The first-order chi connectivity index (χ1) is 17.3. The number of ether oxygens (including phenoxy) is 3. The Hall–Kier alpha value is -4.34. The molecule has 0 fully saturated rings. The maximum atomic E-state index is 13.9. The second-order valence-corrected chi connectivity index (χ2v) is 8.40. The van der Waals surface area contributed by atoms with Gasteiger partial charge in [0.05, 0.1) is 33.7 Å². The fourth-order valence-electron chi connectivity index (χ4n) is 4.35. The number of imidazole rings is 1. The molecule has 188 valence electrons. The average molecular weight is 493 g/mol. The van der Waals surface area contributed by atoms with Crippen LogP contribution in [-0.4, -0.2) is 53.7 Å². The van der Waals surface area contributed by atoms with Gasteiger partial charge in [0, 0.05) is 17.8 Å². The lowest BCUT2D eigenvalue weighted by Gasteiger charge is -2.43. The number of anilines is 1. The van der Waals surface area contributed by atoms with Crippen molar-refractivity contribution in [2.45, 2.75) is 32.5 Å². The van der Waals surface area contributed by atoms with Crippen molar-refractivity contribution >= 4 is 23.5 Å². The highest BCUT2D eigenvalue weighted by Crippen LogP contribution is 2.35. The number of rotatable bonds is 8. The standard InChI is InChI=1S/C26H28N4O6/c1-5-36-19-12-10-18(11-13-19)30-23(31)22-21(24(32)35-4)28-16-29(22)15-26(30,2)25(33)27-14-17-8-6-7-9-20(17)34-3/h6-13,16H,5,14-15H2,1-4H3,(H,27,33)/t26-/m0/s1. The zero-order valence-electron chi connectivity index (χ0n) is 20.6. The van der Waals surface area contributed by atoms with Crippen LogP contribution < -0.4 is 19.7 Å². The van der Waals surface area contributed by atoms with Gasteiger partial charge in [0.25, 0.3) is 5.91 Å². The number of hydrogen-bond donors (Lipinski definition) is 1. The lowest BCUT2D eigenvalue weighted by atomic mass is 9.93. The lowest BCUT2D eigenvalue weighted by Crippen LogP contribution is -2.64. The molecule has 1 N–H and O–H groups in total. The molecule has 0 saturated carbocycles. The molecule has 0 aliphatic carbocycles. The third kappa shape index (κ3) is 4.37. The third-order valence-corrected chi connectivity index (χ3v) is 6.12. The summed E-state index contributed by atoms with van der Waals surface area (Å²) in [7, 11) is 2.79. The number of nitrogens with zero attached hydrogens (tertiary/aromatic N) is 3. The number of esters is 1. The Morgan fingerprint density at radius 2 is 1.83 bits per heavy atom. The topological polar surface area (TPSA) is 112 Å². The molecule has 3 aromatic rings. The molecule has 10 nitrogen and oxygen atoms in total. The number of para-hydroxylation sites is 1. The summed E-state index contributed by atoms with van der Waals surface area (Å²) in [5.74, 6) is -0.375. The summed E-state index contributed by atoms with van der Waals surface area (Å²) in [5.41, 5.74) is -0.113. The number of amides is 2. The highest BCUT2D eigenvalue weighted by molar-refractivity contribution is 6.15. The number of aromatic nitrogens is 2. The van der Waals surface area contributed by atoms with Crippen molar-refractivity contribution in [1.29, 1.82) is 0 Å². The SMILES string of the molecule is CCOc1ccc(N2C(=O)c3c(C(=O)OC)ncn3C[C@@]2(C)C(=O)NCc2ccccc2OC)cc1. The van der Waals surface area contributed by atoms with Gasteiger partial charge in [-0.1, -0.05) is 18.2 Å². The van der Waals surface area contributed by atoms with E-state index >= 15 is 0 Å². The van der Waals surface area contributed by atoms with E-state index in [1.54, 1.807) is 38.3 Å². The molecule has 0 unspecified atom stereocenters. The van der Waals surface area contributed by atoms with Crippen LogP contribution in [0.1, 0.15) is 40.4 Å². The van der Waals surface area contributed by atoms with E-state index in [9.17, 15) is 14.4 Å². The van der Waals surface area contributed by atoms with Crippen molar-refractivity contribution in [2.24, 2.45) is 0 Å². The molecule has 0 saturated heterocycles. The van der Waals surface area contributed by atoms with Crippen molar-refractivity contribution in [3.8, 4) is 11.5 Å². The fourth-order valence-corrected chi connectivity index (χ4v) is 4.35. The second kappa shape index (κ2) is 10.1. The van der Waals surface area contributed by atoms with Gasteiger partial charge in [-0.3, -0.25) is 14.5 Å². The molecule has 4 rings (SSSR count). The van der Waals surface area contributed by atoms with Crippen molar-refractivity contribution in [3.63, 3.8) is 0 Å². The van der Waals surface area contributed by atoms with E-state index in [0.717, 1.165) is 5.56 Å². The van der Waals surface area contributed by atoms with Crippen molar-refractivity contribution in [3.05, 3.63) is 71.8 Å². The number of hydrogen-bond acceptors (Lipinski definition) is 7. The molecule has 2 amide bonds. The molecule has 0 radical (unpaired) electrons. The van der Waals surface area contributed by atoms with E-state index in [1.165, 1.54) is 22.9 Å². The zero-order valence-corrected chi connectivity index (χ0v) is 20.6. The van der Waals surface area contributed by atoms with E-state index < -0.39 is 17.4 Å². The van der Waals surface area contributed by atoms with E-state index in [2.05, 4.69) is 10.3 Å². The maximum Gasteiger partial charge on any atom is 0.359 e. The van der Waals surface area contributed by atoms with Gasteiger partial charge >= 0.3 is 5.97 Å². The van der Waals surface area contributed by atoms with Gasteiger partial charge in [0.2, 0.25) is 5.91 Å². The summed E-state index contributed by atoms with van der Waals surface area (Å²) in [6.45, 7) is 4.32. The van der Waals surface area contributed by atoms with Crippen LogP contribution in [0, 0.1) is 0 Å². The van der Waals surface area contributed by atoms with Gasteiger partial charge < -0.3 is 24.1 Å². The number of fused-ring (bicyclic) bond motifs is 1. The number of nitrogens with one attached hydrogen (secondary N) is 1. The number of methoxy groups -OCH3 is 2. The molecule has 10 heteroatoms. The van der Waals surface area contributed by atoms with Gasteiger partial charge in [-0.05, 0) is 44.2 Å². The van der Waals surface area contributed by atoms with Crippen LogP contribution in [0.15, 0.2) is 54.9 Å². The highest BCUT2D eigenvalue weighted by atomic mass is 16.5. The van der Waals surface area contributed by atoms with Crippen LogP contribution in [0.5, 0.6) is 11.5 Å². The molecule has 0 bridgehead atoms.